The van der Waals surface area contributed by atoms with Crippen LogP contribution in [0.2, 0.25) is 0 Å². The highest BCUT2D eigenvalue weighted by molar-refractivity contribution is 5.93. The molecule has 2 rings (SSSR count). The number of ether oxygens (including phenoxy) is 1. The van der Waals surface area contributed by atoms with Crippen LogP contribution >= 0.6 is 0 Å². The van der Waals surface area contributed by atoms with E-state index in [0.29, 0.717) is 13.0 Å². The third-order valence-corrected chi connectivity index (χ3v) is 7.46. The fourth-order valence-corrected chi connectivity index (χ4v) is 4.65. The minimum Gasteiger partial charge on any atom is -0.444 e. The van der Waals surface area contributed by atoms with Gasteiger partial charge in [-0.3, -0.25) is 9.59 Å². The van der Waals surface area contributed by atoms with Crippen LogP contribution in [0.4, 0.5) is 4.79 Å². The van der Waals surface area contributed by atoms with E-state index < -0.39 is 29.3 Å². The van der Waals surface area contributed by atoms with E-state index >= 15 is 0 Å². The van der Waals surface area contributed by atoms with Crippen LogP contribution in [0.3, 0.4) is 0 Å². The number of nitrogens with zero attached hydrogens (tertiary/aromatic N) is 1. The Bertz CT molecular complexity index is 1150. The van der Waals surface area contributed by atoms with Gasteiger partial charge in [0.05, 0.1) is 0 Å². The van der Waals surface area contributed by atoms with E-state index in [2.05, 4.69) is 17.6 Å². The maximum absolute atomic E-state index is 14.7. The molecular formula is C34H51N3O4. The Hall–Kier alpha value is -3.35. The van der Waals surface area contributed by atoms with Gasteiger partial charge in [-0.05, 0) is 83.6 Å². The molecule has 0 radical (unpaired) electrons. The van der Waals surface area contributed by atoms with Gasteiger partial charge < -0.3 is 20.3 Å². The molecule has 2 N–H and O–H groups in total. The quantitative estimate of drug-likeness (QED) is 0.261. The Kier molecular flexibility index (Phi) is 12.4. The number of rotatable bonds is 13. The summed E-state index contributed by atoms with van der Waals surface area (Å²) in [5.74, 6) is -0.562. The lowest BCUT2D eigenvalue weighted by molar-refractivity contribution is -0.149. The summed E-state index contributed by atoms with van der Waals surface area (Å²) in [5, 5.41) is 5.94. The SMILES string of the molecule is CCCCCNC(=O)C(c1ccc(C)c(C)c1)N(C(=O)C(Cc1ccccc1)NC(=O)OC(C)(C)C)C(C)(C)CC. The lowest BCUT2D eigenvalue weighted by atomic mass is 9.90. The van der Waals surface area contributed by atoms with Gasteiger partial charge in [-0.25, -0.2) is 4.79 Å². The largest absolute Gasteiger partial charge is 0.444 e. The molecule has 2 unspecified atom stereocenters. The molecule has 7 nitrogen and oxygen atoms in total. The van der Waals surface area contributed by atoms with Crippen molar-refractivity contribution in [2.45, 2.75) is 118 Å². The third kappa shape index (κ3) is 10.2. The molecule has 0 aromatic heterocycles. The molecule has 0 heterocycles. The molecule has 0 spiro atoms. The molecule has 7 heteroatoms. The first kappa shape index (κ1) is 33.9. The fraction of sp³-hybridized carbons (Fsp3) is 0.559. The second-order valence-corrected chi connectivity index (χ2v) is 12.5. The Morgan fingerprint density at radius 2 is 1.56 bits per heavy atom. The van der Waals surface area contributed by atoms with Crippen LogP contribution in [0.1, 0.15) is 102 Å². The average Bonchev–Trinajstić information content (AvgIpc) is 2.90. The minimum atomic E-state index is -0.944. The van der Waals surface area contributed by atoms with E-state index in [-0.39, 0.29) is 18.2 Å². The van der Waals surface area contributed by atoms with Crippen LogP contribution in [0.15, 0.2) is 48.5 Å². The maximum atomic E-state index is 14.7. The van der Waals surface area contributed by atoms with Crippen molar-refractivity contribution >= 4 is 17.9 Å². The second-order valence-electron chi connectivity index (χ2n) is 12.5. The second kappa shape index (κ2) is 15.0. The van der Waals surface area contributed by atoms with Crippen LogP contribution < -0.4 is 10.6 Å². The number of hydrogen-bond donors (Lipinski definition) is 2. The molecule has 0 saturated carbocycles. The maximum Gasteiger partial charge on any atom is 0.408 e. The first-order valence-electron chi connectivity index (χ1n) is 14.9. The number of unbranched alkanes of at least 4 members (excludes halogenated alkanes) is 2. The van der Waals surface area contributed by atoms with Gasteiger partial charge in [0, 0.05) is 18.5 Å². The summed E-state index contributed by atoms with van der Waals surface area (Å²) in [6.45, 7) is 18.0. The highest BCUT2D eigenvalue weighted by Crippen LogP contribution is 2.33. The highest BCUT2D eigenvalue weighted by Gasteiger charge is 2.43. The van der Waals surface area contributed by atoms with Crippen molar-refractivity contribution in [1.82, 2.24) is 15.5 Å². The van der Waals surface area contributed by atoms with Crippen LogP contribution in [0.5, 0.6) is 0 Å². The number of aryl methyl sites for hydroxylation is 2. The predicted octanol–water partition coefficient (Wildman–Crippen LogP) is 6.80. The molecule has 0 fully saturated rings. The smallest absolute Gasteiger partial charge is 0.408 e. The van der Waals surface area contributed by atoms with Gasteiger partial charge in [0.2, 0.25) is 11.8 Å². The number of amides is 3. The van der Waals surface area contributed by atoms with Gasteiger partial charge in [0.25, 0.3) is 0 Å². The van der Waals surface area contributed by atoms with Crippen molar-refractivity contribution < 1.29 is 19.1 Å². The van der Waals surface area contributed by atoms with Crippen LogP contribution in [0.25, 0.3) is 0 Å². The number of hydrogen-bond acceptors (Lipinski definition) is 4. The summed E-state index contributed by atoms with van der Waals surface area (Å²) in [6, 6.07) is 13.7. The summed E-state index contributed by atoms with van der Waals surface area (Å²) < 4.78 is 5.55. The van der Waals surface area contributed by atoms with E-state index in [0.717, 1.165) is 41.5 Å². The standard InChI is InChI=1S/C34H51N3O4/c1-10-12-16-21-35-30(38)29(27-20-19-24(3)25(4)22-27)37(34(8,9)11-2)31(39)28(23-26-17-14-13-15-18-26)36-32(40)41-33(5,6)7/h13-15,17-20,22,28-29H,10-12,16,21,23H2,1-9H3,(H,35,38)(H,36,40). The zero-order valence-electron chi connectivity index (χ0n) is 26.6. The first-order valence-corrected chi connectivity index (χ1v) is 14.9. The number of nitrogens with one attached hydrogen (secondary N) is 2. The van der Waals surface area contributed by atoms with Gasteiger partial charge in [0.1, 0.15) is 17.7 Å². The normalized spacial score (nSPS) is 13.2. The predicted molar refractivity (Wildman–Crippen MR) is 166 cm³/mol. The van der Waals surface area contributed by atoms with E-state index in [1.54, 1.807) is 25.7 Å². The molecule has 0 aliphatic rings. The Morgan fingerprint density at radius 1 is 0.902 bits per heavy atom. The molecule has 2 atom stereocenters. The van der Waals surface area contributed by atoms with Crippen LogP contribution in [-0.4, -0.2) is 46.5 Å². The number of alkyl carbamates (subject to hydrolysis) is 1. The summed E-state index contributed by atoms with van der Waals surface area (Å²) >= 11 is 0. The first-order chi connectivity index (χ1) is 19.2. The highest BCUT2D eigenvalue weighted by atomic mass is 16.6. The molecule has 2 aromatic carbocycles. The zero-order chi connectivity index (χ0) is 30.8. The van der Waals surface area contributed by atoms with Crippen molar-refractivity contribution in [3.05, 3.63) is 70.8 Å². The fourth-order valence-electron chi connectivity index (χ4n) is 4.65. The van der Waals surface area contributed by atoms with E-state index in [9.17, 15) is 14.4 Å². The van der Waals surface area contributed by atoms with Gasteiger partial charge in [-0.1, -0.05) is 75.2 Å². The van der Waals surface area contributed by atoms with Crippen molar-refractivity contribution in [2.75, 3.05) is 6.54 Å². The number of carbonyl (C=O) groups is 3. The summed E-state index contributed by atoms with van der Waals surface area (Å²) in [5.41, 5.74) is 2.35. The zero-order valence-corrected chi connectivity index (χ0v) is 26.6. The van der Waals surface area contributed by atoms with Crippen molar-refractivity contribution in [1.29, 1.82) is 0 Å². The molecule has 0 bridgehead atoms. The monoisotopic (exact) mass is 565 g/mol. The summed E-state index contributed by atoms with van der Waals surface area (Å²) in [7, 11) is 0. The molecular weight excluding hydrogens is 514 g/mol. The van der Waals surface area contributed by atoms with E-state index in [4.69, 9.17) is 4.74 Å². The van der Waals surface area contributed by atoms with Gasteiger partial charge in [-0.2, -0.15) is 0 Å². The van der Waals surface area contributed by atoms with Gasteiger partial charge in [0.15, 0.2) is 0 Å². The Labute approximate surface area is 247 Å². The number of benzene rings is 2. The molecule has 0 aliphatic carbocycles. The molecule has 3 amide bonds. The average molecular weight is 566 g/mol. The van der Waals surface area contributed by atoms with E-state index in [1.165, 1.54) is 0 Å². The topological polar surface area (TPSA) is 87.7 Å². The van der Waals surface area contributed by atoms with Crippen molar-refractivity contribution in [3.63, 3.8) is 0 Å². The minimum absolute atomic E-state index is 0.227. The van der Waals surface area contributed by atoms with Gasteiger partial charge in [-0.15, -0.1) is 0 Å². The lowest BCUT2D eigenvalue weighted by Crippen LogP contribution is -2.60. The Morgan fingerprint density at radius 3 is 2.12 bits per heavy atom. The van der Waals surface area contributed by atoms with Gasteiger partial charge >= 0.3 is 6.09 Å². The van der Waals surface area contributed by atoms with Crippen LogP contribution in [0, 0.1) is 13.8 Å². The number of carbonyl (C=O) groups excluding carboxylic acids is 3. The van der Waals surface area contributed by atoms with Crippen molar-refractivity contribution in [3.8, 4) is 0 Å². The molecule has 2 aromatic rings. The summed E-state index contributed by atoms with van der Waals surface area (Å²) in [4.78, 5) is 43.3. The van der Waals surface area contributed by atoms with E-state index in [1.807, 2.05) is 83.1 Å². The molecule has 41 heavy (non-hydrogen) atoms. The molecule has 0 saturated heterocycles. The third-order valence-electron chi connectivity index (χ3n) is 7.46. The molecule has 0 aliphatic heterocycles. The molecule has 226 valence electrons. The Balaban J connectivity index is 2.63. The summed E-state index contributed by atoms with van der Waals surface area (Å²) in [6.07, 6.45) is 3.11. The van der Waals surface area contributed by atoms with Crippen molar-refractivity contribution in [2.24, 2.45) is 0 Å². The van der Waals surface area contributed by atoms with Crippen LogP contribution in [-0.2, 0) is 20.7 Å². The lowest BCUT2D eigenvalue weighted by Gasteiger charge is -2.44.